The highest BCUT2D eigenvalue weighted by Crippen LogP contribution is 2.18. The number of hydrogen-bond acceptors (Lipinski definition) is 2. The van der Waals surface area contributed by atoms with Gasteiger partial charge in [0.15, 0.2) is 0 Å². The lowest BCUT2D eigenvalue weighted by atomic mass is 10.1. The molecule has 29 heavy (non-hydrogen) atoms. The van der Waals surface area contributed by atoms with Crippen LogP contribution < -0.4 is 0 Å². The zero-order chi connectivity index (χ0) is 21.8. The maximum atomic E-state index is 11.8. The molecule has 0 spiro atoms. The van der Waals surface area contributed by atoms with E-state index in [2.05, 4.69) is 27.4 Å². The highest BCUT2D eigenvalue weighted by atomic mass is 16.5. The molecule has 0 N–H and O–H groups in total. The predicted octanol–water partition coefficient (Wildman–Crippen LogP) is 7.44. The van der Waals surface area contributed by atoms with E-state index >= 15 is 0 Å². The molecule has 0 aliphatic carbocycles. The Balaban J connectivity index is 4.72. The third kappa shape index (κ3) is 15.6. The molecule has 0 fully saturated rings. The van der Waals surface area contributed by atoms with E-state index in [0.29, 0.717) is 12.2 Å². The molecule has 3 nitrogen and oxygen atoms in total. The smallest absolute Gasteiger partial charge is 0.333 e. The summed E-state index contributed by atoms with van der Waals surface area (Å²) in [7, 11) is 0. The molecular formula is C26H52NO2+. The van der Waals surface area contributed by atoms with Crippen LogP contribution in [0.5, 0.6) is 0 Å². The fourth-order valence-corrected chi connectivity index (χ4v) is 4.07. The first-order valence-corrected chi connectivity index (χ1v) is 12.7. The summed E-state index contributed by atoms with van der Waals surface area (Å²) in [5, 5.41) is 0. The summed E-state index contributed by atoms with van der Waals surface area (Å²) >= 11 is 0. The van der Waals surface area contributed by atoms with Crippen molar-refractivity contribution in [1.82, 2.24) is 0 Å². The van der Waals surface area contributed by atoms with Gasteiger partial charge in [-0.3, -0.25) is 0 Å². The zero-order valence-corrected chi connectivity index (χ0v) is 20.4. The van der Waals surface area contributed by atoms with Crippen LogP contribution in [0.25, 0.3) is 0 Å². The molecule has 0 rings (SSSR count). The fraction of sp³-hybridized carbons (Fsp3) is 0.885. The second kappa shape index (κ2) is 19.2. The molecule has 172 valence electrons. The molecule has 0 unspecified atom stereocenters. The van der Waals surface area contributed by atoms with Crippen LogP contribution in [0.4, 0.5) is 0 Å². The summed E-state index contributed by atoms with van der Waals surface area (Å²) in [6.45, 7) is 17.5. The third-order valence-corrected chi connectivity index (χ3v) is 6.11. The predicted molar refractivity (Wildman–Crippen MR) is 127 cm³/mol. The van der Waals surface area contributed by atoms with Crippen LogP contribution in [0.15, 0.2) is 12.2 Å². The topological polar surface area (TPSA) is 26.3 Å². The summed E-state index contributed by atoms with van der Waals surface area (Å²) in [4.78, 5) is 11.8. The monoisotopic (exact) mass is 410 g/mol. The molecule has 0 amide bonds. The lowest BCUT2D eigenvalue weighted by molar-refractivity contribution is -0.929. The van der Waals surface area contributed by atoms with Crippen molar-refractivity contribution in [3.05, 3.63) is 12.2 Å². The SMILES string of the molecule is C=C(C)C(=O)OCC[N+](CCCC)(CCCCCCCC)CCCCCCCC. The number of carbonyl (C=O) groups is 1. The van der Waals surface area contributed by atoms with Crippen molar-refractivity contribution in [3.63, 3.8) is 0 Å². The maximum Gasteiger partial charge on any atom is 0.333 e. The average Bonchev–Trinajstić information content (AvgIpc) is 2.71. The molecule has 0 saturated carbocycles. The van der Waals surface area contributed by atoms with Crippen molar-refractivity contribution in [2.24, 2.45) is 0 Å². The van der Waals surface area contributed by atoms with Gasteiger partial charge in [-0.25, -0.2) is 4.79 Å². The van der Waals surface area contributed by atoms with Crippen LogP contribution in [0.1, 0.15) is 118 Å². The Morgan fingerprint density at radius 1 is 0.655 bits per heavy atom. The van der Waals surface area contributed by atoms with Crippen LogP contribution >= 0.6 is 0 Å². The van der Waals surface area contributed by atoms with Gasteiger partial charge in [-0.1, -0.05) is 85.1 Å². The van der Waals surface area contributed by atoms with Gasteiger partial charge in [-0.15, -0.1) is 0 Å². The maximum absolute atomic E-state index is 11.8. The quantitative estimate of drug-likeness (QED) is 0.0850. The van der Waals surface area contributed by atoms with E-state index in [0.717, 1.165) is 11.0 Å². The zero-order valence-electron chi connectivity index (χ0n) is 20.4. The first-order chi connectivity index (χ1) is 14.0. The molecule has 0 atom stereocenters. The van der Waals surface area contributed by atoms with Gasteiger partial charge in [0.2, 0.25) is 0 Å². The van der Waals surface area contributed by atoms with Crippen LogP contribution in [-0.2, 0) is 9.53 Å². The molecule has 0 aliphatic rings. The Kier molecular flexibility index (Phi) is 18.6. The number of esters is 1. The molecule has 0 bridgehead atoms. The molecule has 0 radical (unpaired) electrons. The minimum atomic E-state index is -0.238. The van der Waals surface area contributed by atoms with Gasteiger partial charge in [0.1, 0.15) is 13.2 Å². The van der Waals surface area contributed by atoms with Crippen molar-refractivity contribution in [2.45, 2.75) is 118 Å². The fourth-order valence-electron chi connectivity index (χ4n) is 4.07. The molecule has 0 aromatic heterocycles. The van der Waals surface area contributed by atoms with Crippen LogP contribution in [-0.4, -0.2) is 43.2 Å². The number of rotatable bonds is 21. The van der Waals surface area contributed by atoms with Gasteiger partial charge in [0, 0.05) is 5.57 Å². The number of unbranched alkanes of at least 4 members (excludes halogenated alkanes) is 11. The number of ether oxygens (including phenoxy) is 1. The van der Waals surface area contributed by atoms with E-state index in [9.17, 15) is 4.79 Å². The van der Waals surface area contributed by atoms with E-state index in [-0.39, 0.29) is 5.97 Å². The Labute approximate surface area is 182 Å². The summed E-state index contributed by atoms with van der Waals surface area (Å²) in [6, 6.07) is 0. The normalized spacial score (nSPS) is 11.6. The van der Waals surface area contributed by atoms with Crippen LogP contribution in [0, 0.1) is 0 Å². The molecule has 0 aromatic carbocycles. The number of quaternary nitrogens is 1. The summed E-state index contributed by atoms with van der Waals surface area (Å²) in [5.74, 6) is -0.238. The van der Waals surface area contributed by atoms with E-state index in [1.54, 1.807) is 6.92 Å². The highest BCUT2D eigenvalue weighted by Gasteiger charge is 2.26. The number of nitrogens with zero attached hydrogens (tertiary/aromatic N) is 1. The standard InChI is InChI=1S/C26H52NO2/c1-6-9-12-14-16-18-21-27(20-11-8-3,22-19-17-15-13-10-7-2)23-24-29-26(28)25(4)5/h4,6-24H2,1-3,5H3/q+1. The highest BCUT2D eigenvalue weighted by molar-refractivity contribution is 5.86. The van der Waals surface area contributed by atoms with E-state index in [1.165, 1.54) is 110 Å². The average molecular weight is 411 g/mol. The molecule has 0 heterocycles. The van der Waals surface area contributed by atoms with Gasteiger partial charge in [-0.2, -0.15) is 0 Å². The lowest BCUT2D eigenvalue weighted by Gasteiger charge is -2.39. The Hall–Kier alpha value is -0.830. The molecule has 3 heteroatoms. The van der Waals surface area contributed by atoms with E-state index in [1.807, 2.05) is 0 Å². The van der Waals surface area contributed by atoms with Crippen LogP contribution in [0.2, 0.25) is 0 Å². The second-order valence-electron chi connectivity index (χ2n) is 9.04. The Morgan fingerprint density at radius 3 is 1.52 bits per heavy atom. The van der Waals surface area contributed by atoms with Crippen molar-refractivity contribution in [1.29, 1.82) is 0 Å². The Morgan fingerprint density at radius 2 is 1.07 bits per heavy atom. The number of carbonyl (C=O) groups excluding carboxylic acids is 1. The van der Waals surface area contributed by atoms with Crippen molar-refractivity contribution >= 4 is 5.97 Å². The minimum Gasteiger partial charge on any atom is -0.456 e. The van der Waals surface area contributed by atoms with Gasteiger partial charge in [0.05, 0.1) is 19.6 Å². The largest absolute Gasteiger partial charge is 0.456 e. The molecule has 0 aromatic rings. The van der Waals surface area contributed by atoms with Gasteiger partial charge in [-0.05, 0) is 39.0 Å². The van der Waals surface area contributed by atoms with Crippen molar-refractivity contribution < 1.29 is 14.0 Å². The van der Waals surface area contributed by atoms with Crippen LogP contribution in [0.3, 0.4) is 0 Å². The Bertz CT molecular complexity index is 390. The first kappa shape index (κ1) is 28.2. The summed E-state index contributed by atoms with van der Waals surface area (Å²) in [6.07, 6.45) is 18.6. The minimum absolute atomic E-state index is 0.238. The molecule has 0 saturated heterocycles. The van der Waals surface area contributed by atoms with Crippen molar-refractivity contribution in [3.8, 4) is 0 Å². The summed E-state index contributed by atoms with van der Waals surface area (Å²) in [5.41, 5.74) is 0.503. The third-order valence-electron chi connectivity index (χ3n) is 6.11. The van der Waals surface area contributed by atoms with Gasteiger partial charge >= 0.3 is 5.97 Å². The van der Waals surface area contributed by atoms with Crippen molar-refractivity contribution in [2.75, 3.05) is 32.8 Å². The second-order valence-corrected chi connectivity index (χ2v) is 9.04. The van der Waals surface area contributed by atoms with E-state index in [4.69, 9.17) is 4.74 Å². The molecular weight excluding hydrogens is 358 g/mol. The first-order valence-electron chi connectivity index (χ1n) is 12.7. The van der Waals surface area contributed by atoms with E-state index < -0.39 is 0 Å². The lowest BCUT2D eigenvalue weighted by Crippen LogP contribution is -2.52. The molecule has 0 aliphatic heterocycles. The van der Waals surface area contributed by atoms with Gasteiger partial charge in [0.25, 0.3) is 0 Å². The summed E-state index contributed by atoms with van der Waals surface area (Å²) < 4.78 is 6.64. The van der Waals surface area contributed by atoms with Gasteiger partial charge < -0.3 is 9.22 Å². The number of hydrogen-bond donors (Lipinski definition) is 0.